The van der Waals surface area contributed by atoms with Gasteiger partial charge in [0, 0.05) is 58.6 Å². The third kappa shape index (κ3) is 4.29. The topological polar surface area (TPSA) is 79.1 Å². The Kier molecular flexibility index (Phi) is 6.40. The third-order valence-electron chi connectivity index (χ3n) is 6.29. The minimum absolute atomic E-state index is 0.0544. The number of methoxy groups -OCH3 is 1. The lowest BCUT2D eigenvalue weighted by Gasteiger charge is -2.18. The first-order chi connectivity index (χ1) is 17.5. The number of carbonyl (C=O) groups excluding carboxylic acids is 2. The molecule has 182 valence electrons. The van der Waals surface area contributed by atoms with Crippen LogP contribution in [0.3, 0.4) is 0 Å². The average molecular weight is 483 g/mol. The minimum Gasteiger partial charge on any atom is -0.491 e. The van der Waals surface area contributed by atoms with Gasteiger partial charge in [-0.1, -0.05) is 29.9 Å². The fourth-order valence-corrected chi connectivity index (χ4v) is 4.50. The van der Waals surface area contributed by atoms with Crippen molar-refractivity contribution in [3.05, 3.63) is 89.5 Å². The summed E-state index contributed by atoms with van der Waals surface area (Å²) in [6.07, 6.45) is 0.624. The second-order valence-electron chi connectivity index (χ2n) is 8.73. The number of benzene rings is 3. The summed E-state index contributed by atoms with van der Waals surface area (Å²) in [5.41, 5.74) is 5.21. The molecule has 0 saturated carbocycles. The number of aryl methyl sites for hydroxylation is 1. The fraction of sp³-hybridized carbons (Fsp3) is 0.207. The molecule has 2 heterocycles. The first-order valence-electron chi connectivity index (χ1n) is 11.7. The van der Waals surface area contributed by atoms with E-state index in [2.05, 4.69) is 16.3 Å². The molecule has 5 rings (SSSR count). The maximum absolute atomic E-state index is 13.3. The summed E-state index contributed by atoms with van der Waals surface area (Å²) < 4.78 is 12.8. The van der Waals surface area contributed by atoms with E-state index < -0.39 is 5.97 Å². The number of hydrogen-bond donors (Lipinski definition) is 0. The van der Waals surface area contributed by atoms with Gasteiger partial charge < -0.3 is 18.9 Å². The van der Waals surface area contributed by atoms with Crippen molar-refractivity contribution in [1.82, 2.24) is 4.57 Å². The number of ether oxygens (including phenoxy) is 2. The summed E-state index contributed by atoms with van der Waals surface area (Å²) in [5.74, 6) is 0.0965. The lowest BCUT2D eigenvalue weighted by atomic mass is 9.99. The molecule has 0 amide bonds. The number of hydrogen-bond acceptors (Lipinski definition) is 6. The molecule has 36 heavy (non-hydrogen) atoms. The first kappa shape index (κ1) is 23.5. The average Bonchev–Trinajstić information content (AvgIpc) is 3.22. The molecular weight excluding hydrogens is 456 g/mol. The molecule has 7 heteroatoms. The SMILES string of the molecule is C=C(C)C(=O)O/N=C1\CCn2c3ccc(C(=O)c4ccc(OCCOC)cc4)cc3c3cccc1c32. The van der Waals surface area contributed by atoms with Crippen molar-refractivity contribution in [1.29, 1.82) is 0 Å². The van der Waals surface area contributed by atoms with E-state index >= 15 is 0 Å². The van der Waals surface area contributed by atoms with Crippen LogP contribution in [0.2, 0.25) is 0 Å². The molecule has 0 fully saturated rings. The Morgan fingerprint density at radius 3 is 2.53 bits per heavy atom. The highest BCUT2D eigenvalue weighted by molar-refractivity contribution is 6.20. The van der Waals surface area contributed by atoms with E-state index in [0.29, 0.717) is 48.6 Å². The van der Waals surface area contributed by atoms with E-state index in [-0.39, 0.29) is 5.78 Å². The van der Waals surface area contributed by atoms with Gasteiger partial charge in [-0.15, -0.1) is 0 Å². The van der Waals surface area contributed by atoms with Crippen LogP contribution in [-0.4, -0.2) is 42.4 Å². The highest BCUT2D eigenvalue weighted by Crippen LogP contribution is 2.35. The molecular formula is C29H26N2O5. The Bertz CT molecular complexity index is 1530. The van der Waals surface area contributed by atoms with Crippen molar-refractivity contribution in [3.8, 4) is 5.75 Å². The zero-order chi connectivity index (χ0) is 25.2. The zero-order valence-corrected chi connectivity index (χ0v) is 20.2. The Hall–Kier alpha value is -4.23. The summed E-state index contributed by atoms with van der Waals surface area (Å²) in [6.45, 7) is 6.84. The molecule has 7 nitrogen and oxygen atoms in total. The third-order valence-corrected chi connectivity index (χ3v) is 6.29. The van der Waals surface area contributed by atoms with Crippen molar-refractivity contribution in [2.45, 2.75) is 19.9 Å². The quantitative estimate of drug-likeness (QED) is 0.112. The molecule has 0 atom stereocenters. The van der Waals surface area contributed by atoms with E-state index in [1.807, 2.05) is 36.4 Å². The van der Waals surface area contributed by atoms with Crippen LogP contribution in [0.15, 0.2) is 78.0 Å². The smallest absolute Gasteiger partial charge is 0.360 e. The maximum Gasteiger partial charge on any atom is 0.360 e. The van der Waals surface area contributed by atoms with Gasteiger partial charge in [-0.05, 0) is 49.4 Å². The number of ketones is 1. The molecule has 0 N–H and O–H groups in total. The highest BCUT2D eigenvalue weighted by Gasteiger charge is 2.23. The highest BCUT2D eigenvalue weighted by atomic mass is 16.7. The van der Waals surface area contributed by atoms with Gasteiger partial charge in [0.05, 0.1) is 17.8 Å². The van der Waals surface area contributed by atoms with Crippen LogP contribution in [-0.2, 0) is 20.9 Å². The van der Waals surface area contributed by atoms with Crippen LogP contribution in [0.25, 0.3) is 21.8 Å². The van der Waals surface area contributed by atoms with Crippen LogP contribution in [0, 0.1) is 0 Å². The number of carbonyl (C=O) groups is 2. The van der Waals surface area contributed by atoms with Crippen molar-refractivity contribution < 1.29 is 23.9 Å². The molecule has 1 aliphatic heterocycles. The fourth-order valence-electron chi connectivity index (χ4n) is 4.50. The van der Waals surface area contributed by atoms with Crippen molar-refractivity contribution >= 4 is 39.3 Å². The molecule has 0 bridgehead atoms. The number of aromatic nitrogens is 1. The number of rotatable bonds is 8. The van der Waals surface area contributed by atoms with E-state index in [1.165, 1.54) is 0 Å². The van der Waals surface area contributed by atoms with Gasteiger partial charge in [0.25, 0.3) is 0 Å². The summed E-state index contributed by atoms with van der Waals surface area (Å²) >= 11 is 0. The maximum atomic E-state index is 13.3. The van der Waals surface area contributed by atoms with Crippen molar-refractivity contribution in [2.75, 3.05) is 20.3 Å². The molecule has 4 aromatic rings. The van der Waals surface area contributed by atoms with E-state index in [1.54, 1.807) is 38.3 Å². The standard InChI is InChI=1S/C29H26N2O5/c1-18(2)29(33)36-30-25-13-14-31-26-12-9-20(17-24(26)22-5-4-6-23(25)27(22)31)28(32)19-7-10-21(11-8-19)35-16-15-34-3/h4-12,17H,1,13-16H2,2-3H3/b30-25+. The molecule has 0 saturated heterocycles. The van der Waals surface area contributed by atoms with Gasteiger partial charge in [0.1, 0.15) is 12.4 Å². The summed E-state index contributed by atoms with van der Waals surface area (Å²) in [7, 11) is 1.62. The van der Waals surface area contributed by atoms with Crippen LogP contribution in [0.5, 0.6) is 5.75 Å². The molecule has 1 aliphatic rings. The Morgan fingerprint density at radius 2 is 1.78 bits per heavy atom. The van der Waals surface area contributed by atoms with E-state index in [9.17, 15) is 9.59 Å². The number of oxime groups is 1. The van der Waals surface area contributed by atoms with Crippen LogP contribution in [0.1, 0.15) is 34.8 Å². The molecule has 1 aromatic heterocycles. The zero-order valence-electron chi connectivity index (χ0n) is 20.2. The first-order valence-corrected chi connectivity index (χ1v) is 11.7. The molecule has 0 aliphatic carbocycles. The van der Waals surface area contributed by atoms with Crippen molar-refractivity contribution in [2.24, 2.45) is 5.16 Å². The predicted molar refractivity (Wildman–Crippen MR) is 139 cm³/mol. The molecule has 3 aromatic carbocycles. The Balaban J connectivity index is 1.49. The summed E-state index contributed by atoms with van der Waals surface area (Å²) in [5, 5.41) is 6.16. The largest absolute Gasteiger partial charge is 0.491 e. The van der Waals surface area contributed by atoms with Gasteiger partial charge in [-0.25, -0.2) is 4.79 Å². The van der Waals surface area contributed by atoms with Crippen LogP contribution >= 0.6 is 0 Å². The van der Waals surface area contributed by atoms with Crippen LogP contribution in [0.4, 0.5) is 0 Å². The predicted octanol–water partition coefficient (Wildman–Crippen LogP) is 5.28. The van der Waals surface area contributed by atoms with Crippen LogP contribution < -0.4 is 4.74 Å². The van der Waals surface area contributed by atoms with Gasteiger partial charge in [0.15, 0.2) is 5.78 Å². The number of para-hydroxylation sites is 1. The van der Waals surface area contributed by atoms with E-state index in [4.69, 9.17) is 14.3 Å². The molecule has 0 radical (unpaired) electrons. The number of fused-ring (bicyclic) bond motifs is 3. The molecule has 0 unspecified atom stereocenters. The monoisotopic (exact) mass is 482 g/mol. The second-order valence-corrected chi connectivity index (χ2v) is 8.73. The lowest BCUT2D eigenvalue weighted by Crippen LogP contribution is -2.16. The normalized spacial score (nSPS) is 13.8. The van der Waals surface area contributed by atoms with Gasteiger partial charge in [-0.3, -0.25) is 4.79 Å². The summed E-state index contributed by atoms with van der Waals surface area (Å²) in [4.78, 5) is 30.2. The van der Waals surface area contributed by atoms with Crippen molar-refractivity contribution in [3.63, 3.8) is 0 Å². The Labute approximate surface area is 208 Å². The second kappa shape index (κ2) is 9.79. The number of nitrogens with zero attached hydrogens (tertiary/aromatic N) is 2. The van der Waals surface area contributed by atoms with E-state index in [0.717, 1.165) is 33.1 Å². The van der Waals surface area contributed by atoms with Gasteiger partial charge in [-0.2, -0.15) is 0 Å². The van der Waals surface area contributed by atoms with Gasteiger partial charge >= 0.3 is 5.97 Å². The van der Waals surface area contributed by atoms with Gasteiger partial charge in [0.2, 0.25) is 0 Å². The minimum atomic E-state index is -0.543. The lowest BCUT2D eigenvalue weighted by molar-refractivity contribution is -0.138. The Morgan fingerprint density at radius 1 is 1.00 bits per heavy atom. The summed E-state index contributed by atoms with van der Waals surface area (Å²) in [6, 6.07) is 18.9. The molecule has 0 spiro atoms.